The lowest BCUT2D eigenvalue weighted by Crippen LogP contribution is -2.41. The van der Waals surface area contributed by atoms with Crippen LogP contribution in [0.4, 0.5) is 0 Å². The van der Waals surface area contributed by atoms with Gasteiger partial charge in [-0.05, 0) is 50.2 Å². The van der Waals surface area contributed by atoms with Gasteiger partial charge in [-0.2, -0.15) is 0 Å². The van der Waals surface area contributed by atoms with E-state index in [9.17, 15) is 9.59 Å². The zero-order valence-electron chi connectivity index (χ0n) is 13.9. The number of ether oxygens (including phenoxy) is 1. The number of nitrogens with one attached hydrogen (secondary N) is 2. The Kier molecular flexibility index (Phi) is 4.65. The lowest BCUT2D eigenvalue weighted by atomic mass is 10.2. The summed E-state index contributed by atoms with van der Waals surface area (Å²) in [5.74, 6) is -0.220. The number of aromatic nitrogens is 2. The molecule has 128 valence electrons. The van der Waals surface area contributed by atoms with Gasteiger partial charge >= 0.3 is 0 Å². The third-order valence-electron chi connectivity index (χ3n) is 3.65. The molecule has 0 aliphatic heterocycles. The Bertz CT molecular complexity index is 916. The predicted molar refractivity (Wildman–Crippen MR) is 92.5 cm³/mol. The van der Waals surface area contributed by atoms with Crippen LogP contribution in [0.3, 0.4) is 0 Å². The summed E-state index contributed by atoms with van der Waals surface area (Å²) in [6, 6.07) is 12.2. The Morgan fingerprint density at radius 1 is 1.08 bits per heavy atom. The summed E-state index contributed by atoms with van der Waals surface area (Å²) < 4.78 is 7.13. The predicted octanol–water partition coefficient (Wildman–Crippen LogP) is 2.12. The first-order valence-corrected chi connectivity index (χ1v) is 7.86. The topological polar surface area (TPSA) is 84.7 Å². The highest BCUT2D eigenvalue weighted by molar-refractivity contribution is 5.98. The highest BCUT2D eigenvalue weighted by Crippen LogP contribution is 2.12. The first kappa shape index (κ1) is 16.5. The van der Waals surface area contributed by atoms with Crippen molar-refractivity contribution in [2.75, 3.05) is 6.61 Å². The molecule has 0 fully saturated rings. The van der Waals surface area contributed by atoms with Crippen molar-refractivity contribution in [2.24, 2.45) is 0 Å². The number of pyridine rings is 1. The van der Waals surface area contributed by atoms with Crippen molar-refractivity contribution in [2.45, 2.75) is 13.8 Å². The number of amides is 2. The van der Waals surface area contributed by atoms with E-state index in [1.54, 1.807) is 30.5 Å². The number of fused-ring (bicyclic) bond motifs is 1. The number of hydrazine groups is 1. The molecule has 0 aliphatic carbocycles. The van der Waals surface area contributed by atoms with E-state index in [-0.39, 0.29) is 5.69 Å². The Labute approximate surface area is 144 Å². The van der Waals surface area contributed by atoms with E-state index in [1.165, 1.54) is 0 Å². The van der Waals surface area contributed by atoms with Gasteiger partial charge in [0.1, 0.15) is 17.1 Å². The number of carbonyl (C=O) groups excluding carboxylic acids is 2. The normalized spacial score (nSPS) is 10.5. The van der Waals surface area contributed by atoms with E-state index < -0.39 is 11.8 Å². The lowest BCUT2D eigenvalue weighted by molar-refractivity contribution is 0.0844. The molecule has 3 rings (SSSR count). The van der Waals surface area contributed by atoms with Gasteiger partial charge in [0, 0.05) is 17.5 Å². The van der Waals surface area contributed by atoms with Crippen molar-refractivity contribution < 1.29 is 14.3 Å². The number of benzene rings is 1. The number of hydrogen-bond acceptors (Lipinski definition) is 4. The number of carbonyl (C=O) groups is 2. The SMILES string of the molecule is CCOc1ccc(C(=O)NNC(=O)c2cn3c(C)cccc3n2)cc1. The average molecular weight is 338 g/mol. The smallest absolute Gasteiger partial charge is 0.289 e. The molecule has 2 amide bonds. The minimum absolute atomic E-state index is 0.223. The molecular formula is C18H18N4O3. The lowest BCUT2D eigenvalue weighted by Gasteiger charge is -2.07. The van der Waals surface area contributed by atoms with Gasteiger partial charge in [-0.25, -0.2) is 4.98 Å². The second kappa shape index (κ2) is 7.04. The maximum Gasteiger partial charge on any atom is 0.289 e. The van der Waals surface area contributed by atoms with Crippen LogP contribution in [-0.2, 0) is 0 Å². The molecule has 0 bridgehead atoms. The molecule has 2 N–H and O–H groups in total. The molecule has 0 radical (unpaired) electrons. The maximum atomic E-state index is 12.2. The van der Waals surface area contributed by atoms with Crippen molar-refractivity contribution in [3.8, 4) is 5.75 Å². The number of hydrogen-bond donors (Lipinski definition) is 2. The fourth-order valence-corrected chi connectivity index (χ4v) is 2.38. The number of imidazole rings is 1. The fraction of sp³-hybridized carbons (Fsp3) is 0.167. The molecular weight excluding hydrogens is 320 g/mol. The number of nitrogens with zero attached hydrogens (tertiary/aromatic N) is 2. The summed E-state index contributed by atoms with van der Waals surface area (Å²) in [5, 5.41) is 0. The van der Waals surface area contributed by atoms with Crippen LogP contribution in [-0.4, -0.2) is 27.8 Å². The second-order valence-corrected chi connectivity index (χ2v) is 5.39. The van der Waals surface area contributed by atoms with Gasteiger partial charge in [0.25, 0.3) is 11.8 Å². The Hall–Kier alpha value is -3.35. The molecule has 3 aromatic rings. The number of aryl methyl sites for hydroxylation is 1. The van der Waals surface area contributed by atoms with Crippen LogP contribution in [0.2, 0.25) is 0 Å². The maximum absolute atomic E-state index is 12.2. The Morgan fingerprint density at radius 2 is 1.80 bits per heavy atom. The second-order valence-electron chi connectivity index (χ2n) is 5.39. The Morgan fingerprint density at radius 3 is 2.48 bits per heavy atom. The van der Waals surface area contributed by atoms with Crippen LogP contribution in [0.5, 0.6) is 5.75 Å². The molecule has 0 spiro atoms. The monoisotopic (exact) mass is 338 g/mol. The molecule has 2 aromatic heterocycles. The summed E-state index contributed by atoms with van der Waals surface area (Å²) in [4.78, 5) is 28.5. The molecule has 7 nitrogen and oxygen atoms in total. The summed E-state index contributed by atoms with van der Waals surface area (Å²) in [5.41, 5.74) is 7.02. The summed E-state index contributed by atoms with van der Waals surface area (Å²) >= 11 is 0. The van der Waals surface area contributed by atoms with E-state index in [2.05, 4.69) is 15.8 Å². The van der Waals surface area contributed by atoms with E-state index >= 15 is 0 Å². The van der Waals surface area contributed by atoms with Crippen LogP contribution in [0.25, 0.3) is 5.65 Å². The van der Waals surface area contributed by atoms with Crippen molar-refractivity contribution in [1.82, 2.24) is 20.2 Å². The van der Waals surface area contributed by atoms with Crippen LogP contribution in [0.1, 0.15) is 33.5 Å². The van der Waals surface area contributed by atoms with Crippen molar-refractivity contribution in [3.63, 3.8) is 0 Å². The van der Waals surface area contributed by atoms with E-state index in [0.717, 1.165) is 5.69 Å². The van der Waals surface area contributed by atoms with E-state index in [0.29, 0.717) is 23.6 Å². The highest BCUT2D eigenvalue weighted by Gasteiger charge is 2.13. The fourth-order valence-electron chi connectivity index (χ4n) is 2.38. The molecule has 0 atom stereocenters. The standard InChI is InChI=1S/C18H18N4O3/c1-3-25-14-9-7-13(8-10-14)17(23)20-21-18(24)15-11-22-12(2)5-4-6-16(22)19-15/h4-11H,3H2,1-2H3,(H,20,23)(H,21,24). The van der Waals surface area contributed by atoms with Crippen LogP contribution in [0.15, 0.2) is 48.7 Å². The summed E-state index contributed by atoms with van der Waals surface area (Å²) in [6.45, 7) is 4.36. The zero-order valence-corrected chi connectivity index (χ0v) is 13.9. The van der Waals surface area contributed by atoms with Crippen LogP contribution >= 0.6 is 0 Å². The molecule has 0 saturated carbocycles. The summed E-state index contributed by atoms with van der Waals surface area (Å²) in [6.07, 6.45) is 1.63. The first-order chi connectivity index (χ1) is 12.1. The van der Waals surface area contributed by atoms with Gasteiger partial charge in [0.15, 0.2) is 0 Å². The van der Waals surface area contributed by atoms with Crippen LogP contribution < -0.4 is 15.6 Å². The minimum atomic E-state index is -0.484. The number of rotatable bonds is 4. The summed E-state index contributed by atoms with van der Waals surface area (Å²) in [7, 11) is 0. The van der Waals surface area contributed by atoms with E-state index in [4.69, 9.17) is 4.74 Å². The average Bonchev–Trinajstić information content (AvgIpc) is 3.06. The van der Waals surface area contributed by atoms with Crippen molar-refractivity contribution in [1.29, 1.82) is 0 Å². The first-order valence-electron chi connectivity index (χ1n) is 7.86. The highest BCUT2D eigenvalue weighted by atomic mass is 16.5. The third kappa shape index (κ3) is 3.60. The van der Waals surface area contributed by atoms with Gasteiger partial charge < -0.3 is 9.14 Å². The van der Waals surface area contributed by atoms with Gasteiger partial charge in [-0.3, -0.25) is 20.4 Å². The van der Waals surface area contributed by atoms with Gasteiger partial charge in [-0.1, -0.05) is 6.07 Å². The largest absolute Gasteiger partial charge is 0.494 e. The molecule has 2 heterocycles. The van der Waals surface area contributed by atoms with Crippen molar-refractivity contribution >= 4 is 17.5 Å². The molecule has 0 aliphatic rings. The third-order valence-corrected chi connectivity index (χ3v) is 3.65. The Balaban J connectivity index is 1.64. The van der Waals surface area contributed by atoms with E-state index in [1.807, 2.05) is 36.4 Å². The van der Waals surface area contributed by atoms with Crippen molar-refractivity contribution in [3.05, 3.63) is 65.6 Å². The molecule has 1 aromatic carbocycles. The molecule has 0 saturated heterocycles. The van der Waals surface area contributed by atoms with Gasteiger partial charge in [0.05, 0.1) is 6.61 Å². The molecule has 0 unspecified atom stereocenters. The minimum Gasteiger partial charge on any atom is -0.494 e. The zero-order chi connectivity index (χ0) is 17.8. The van der Waals surface area contributed by atoms with Gasteiger partial charge in [-0.15, -0.1) is 0 Å². The quantitative estimate of drug-likeness (QED) is 0.714. The molecule has 7 heteroatoms. The molecule has 25 heavy (non-hydrogen) atoms. The van der Waals surface area contributed by atoms with Gasteiger partial charge in [0.2, 0.25) is 0 Å². The van der Waals surface area contributed by atoms with Crippen LogP contribution in [0, 0.1) is 6.92 Å².